The Hall–Kier alpha value is -4.90. The summed E-state index contributed by atoms with van der Waals surface area (Å²) in [4.78, 5) is 38.3. The van der Waals surface area contributed by atoms with Crippen LogP contribution >= 0.6 is 0 Å². The number of hydrogen-bond acceptors (Lipinski definition) is 7. The quantitative estimate of drug-likeness (QED) is 0.0923. The van der Waals surface area contributed by atoms with E-state index in [4.69, 9.17) is 14.5 Å². The number of methoxy groups -OCH3 is 1. The Morgan fingerprint density at radius 2 is 1.70 bits per heavy atom. The smallest absolute Gasteiger partial charge is 0.418 e. The molecule has 0 radical (unpaired) electrons. The van der Waals surface area contributed by atoms with Crippen molar-refractivity contribution < 1.29 is 41.7 Å². The highest BCUT2D eigenvalue weighted by atomic mass is 28.3. The van der Waals surface area contributed by atoms with Crippen LogP contribution in [0.2, 0.25) is 16.6 Å². The van der Waals surface area contributed by atoms with Crippen LogP contribution in [-0.4, -0.2) is 78.0 Å². The zero-order valence-corrected chi connectivity index (χ0v) is 33.9. The van der Waals surface area contributed by atoms with Gasteiger partial charge in [-0.25, -0.2) is 23.9 Å². The lowest BCUT2D eigenvalue weighted by Crippen LogP contribution is -2.64. The van der Waals surface area contributed by atoms with Gasteiger partial charge >= 0.3 is 18.2 Å². The minimum Gasteiger partial charge on any atom is -0.472 e. The molecule has 3 aliphatic heterocycles. The maximum Gasteiger partial charge on any atom is 0.418 e. The van der Waals surface area contributed by atoms with Crippen LogP contribution in [0.1, 0.15) is 88.5 Å². The third kappa shape index (κ3) is 6.04. The van der Waals surface area contributed by atoms with Gasteiger partial charge in [-0.05, 0) is 73.0 Å². The predicted octanol–water partition coefficient (Wildman–Crippen LogP) is 9.75. The SMILES string of the molecule is COC(=O)c1cc(-c2cc3c(C(F)(F)F)c(C)nc4c3c(n2)OC(C)C2C3CCC(CN42)N3C(=O)O)c2c(C#C[Si](C(C)C)(C(C)C)C(C)C)c(F)ccc2c1. The molecule has 2 saturated heterocycles. The highest BCUT2D eigenvalue weighted by Crippen LogP contribution is 2.49. The number of fused-ring (bicyclic) bond motifs is 6. The van der Waals surface area contributed by atoms with Crippen LogP contribution in [0.25, 0.3) is 32.8 Å². The van der Waals surface area contributed by atoms with Gasteiger partial charge in [-0.3, -0.25) is 4.90 Å². The summed E-state index contributed by atoms with van der Waals surface area (Å²) >= 11 is 0. The van der Waals surface area contributed by atoms with Crippen LogP contribution < -0.4 is 9.64 Å². The Kier molecular flexibility index (Phi) is 9.79. The zero-order chi connectivity index (χ0) is 40.8. The number of aromatic nitrogens is 2. The monoisotopic (exact) mass is 790 g/mol. The second-order valence-corrected chi connectivity index (χ2v) is 21.8. The molecule has 0 saturated carbocycles. The van der Waals surface area contributed by atoms with Crippen molar-refractivity contribution in [2.24, 2.45) is 0 Å². The van der Waals surface area contributed by atoms with Crippen molar-refractivity contribution in [3.63, 3.8) is 0 Å². The van der Waals surface area contributed by atoms with Gasteiger partial charge in [0.2, 0.25) is 5.88 Å². The summed E-state index contributed by atoms with van der Waals surface area (Å²) in [6.07, 6.45) is -5.48. The van der Waals surface area contributed by atoms with E-state index >= 15 is 17.6 Å². The second kappa shape index (κ2) is 13.9. The number of halogens is 4. The number of rotatable bonds is 5. The Morgan fingerprint density at radius 3 is 2.30 bits per heavy atom. The van der Waals surface area contributed by atoms with E-state index in [0.717, 1.165) is 0 Å². The van der Waals surface area contributed by atoms with Gasteiger partial charge in [0.25, 0.3) is 0 Å². The topological polar surface area (TPSA) is 105 Å². The number of piperazine rings is 1. The van der Waals surface area contributed by atoms with Crippen LogP contribution in [0.5, 0.6) is 5.88 Å². The van der Waals surface area contributed by atoms with E-state index in [1.165, 1.54) is 43.2 Å². The number of benzene rings is 2. The molecule has 4 unspecified atom stereocenters. The fraction of sp³-hybridized carbons (Fsp3) is 0.476. The number of ether oxygens (including phenoxy) is 2. The van der Waals surface area contributed by atoms with Crippen molar-refractivity contribution in [3.05, 3.63) is 58.5 Å². The van der Waals surface area contributed by atoms with Crippen molar-refractivity contribution in [3.8, 4) is 28.6 Å². The average molecular weight is 791 g/mol. The van der Waals surface area contributed by atoms with Gasteiger partial charge in [-0.1, -0.05) is 53.5 Å². The summed E-state index contributed by atoms with van der Waals surface area (Å²) in [7, 11) is -1.18. The molecule has 2 aromatic carbocycles. The van der Waals surface area contributed by atoms with Crippen LogP contribution in [-0.2, 0) is 10.9 Å². The van der Waals surface area contributed by atoms with Crippen molar-refractivity contribution in [1.29, 1.82) is 0 Å². The Balaban J connectivity index is 1.57. The van der Waals surface area contributed by atoms with Gasteiger partial charge in [-0.15, -0.1) is 5.54 Å². The Morgan fingerprint density at radius 1 is 1.02 bits per heavy atom. The summed E-state index contributed by atoms with van der Waals surface area (Å²) < 4.78 is 73.3. The molecule has 2 bridgehead atoms. The first-order valence-electron chi connectivity index (χ1n) is 19.1. The van der Waals surface area contributed by atoms with Crippen LogP contribution in [0.3, 0.4) is 0 Å². The number of amides is 1. The first-order chi connectivity index (χ1) is 26.3. The van der Waals surface area contributed by atoms with E-state index < -0.39 is 55.9 Å². The number of hydrogen-bond donors (Lipinski definition) is 1. The van der Waals surface area contributed by atoms with Crippen molar-refractivity contribution in [1.82, 2.24) is 14.9 Å². The summed E-state index contributed by atoms with van der Waals surface area (Å²) in [5, 5.41) is 10.7. The summed E-state index contributed by atoms with van der Waals surface area (Å²) in [6.45, 7) is 16.1. The molecule has 2 aromatic heterocycles. The molecule has 9 nitrogen and oxygen atoms in total. The molecule has 5 heterocycles. The number of pyridine rings is 2. The number of esters is 1. The van der Waals surface area contributed by atoms with E-state index in [1.807, 2.05) is 4.90 Å². The number of carboxylic acid groups (broad SMARTS) is 1. The lowest BCUT2D eigenvalue weighted by atomic mass is 9.93. The molecule has 14 heteroatoms. The van der Waals surface area contributed by atoms with Gasteiger partial charge in [0.05, 0.1) is 58.7 Å². The molecule has 0 aliphatic carbocycles. The molecule has 0 spiro atoms. The number of aryl methyl sites for hydroxylation is 1. The highest BCUT2D eigenvalue weighted by Gasteiger charge is 2.53. The van der Waals surface area contributed by atoms with Crippen molar-refractivity contribution in [2.45, 2.75) is 115 Å². The second-order valence-electron chi connectivity index (χ2n) is 16.3. The predicted molar refractivity (Wildman–Crippen MR) is 209 cm³/mol. The number of nitrogens with zero attached hydrogens (tertiary/aromatic N) is 4. The lowest BCUT2D eigenvalue weighted by Gasteiger charge is -2.47. The van der Waals surface area contributed by atoms with Crippen molar-refractivity contribution >= 4 is 47.5 Å². The lowest BCUT2D eigenvalue weighted by molar-refractivity contribution is -0.137. The molecular weight excluding hydrogens is 745 g/mol. The fourth-order valence-electron chi connectivity index (χ4n) is 10.1. The van der Waals surface area contributed by atoms with E-state index in [0.29, 0.717) is 18.2 Å². The molecule has 296 valence electrons. The average Bonchev–Trinajstić information content (AvgIpc) is 3.37. The summed E-state index contributed by atoms with van der Waals surface area (Å²) in [5.41, 5.74) is 3.36. The molecule has 4 atom stereocenters. The number of anilines is 1. The largest absolute Gasteiger partial charge is 0.472 e. The molecule has 1 N–H and O–H groups in total. The molecule has 2 fully saturated rings. The summed E-state index contributed by atoms with van der Waals surface area (Å²) in [6, 6.07) is 5.67. The first-order valence-corrected chi connectivity index (χ1v) is 21.3. The minimum atomic E-state index is -4.85. The Bertz CT molecular complexity index is 2330. The maximum atomic E-state index is 16.3. The van der Waals surface area contributed by atoms with Gasteiger partial charge in [0.1, 0.15) is 25.8 Å². The van der Waals surface area contributed by atoms with Gasteiger partial charge in [0.15, 0.2) is 0 Å². The number of alkyl halides is 3. The highest BCUT2D eigenvalue weighted by molar-refractivity contribution is 6.90. The number of carbonyl (C=O) groups excluding carboxylic acids is 1. The molecule has 7 rings (SSSR count). The van der Waals surface area contributed by atoms with Crippen LogP contribution in [0.4, 0.5) is 28.2 Å². The van der Waals surface area contributed by atoms with E-state index in [-0.39, 0.29) is 85.1 Å². The zero-order valence-electron chi connectivity index (χ0n) is 32.9. The normalized spacial score (nSPS) is 20.6. The molecule has 56 heavy (non-hydrogen) atoms. The molecule has 4 aromatic rings. The molecule has 3 aliphatic rings. The van der Waals surface area contributed by atoms with Crippen LogP contribution in [0.15, 0.2) is 30.3 Å². The Labute approximate surface area is 324 Å². The number of carbonyl (C=O) groups is 2. The van der Waals surface area contributed by atoms with Gasteiger partial charge < -0.3 is 19.5 Å². The molecule has 1 amide bonds. The van der Waals surface area contributed by atoms with Gasteiger partial charge in [-0.2, -0.15) is 13.2 Å². The van der Waals surface area contributed by atoms with Gasteiger partial charge in [0, 0.05) is 22.9 Å². The maximum absolute atomic E-state index is 16.3. The standard InChI is InChI=1S/C42H46F4N4O5Si/c1-20(2)56(21(3)4,22(5)6)15-14-28-31(43)12-10-25-16-26(40(51)54-9)17-29(34(25)28)32-18-30-35-38(47-23(7)36(30)42(44,45)46)49-19-27-11-13-33(50(27)41(52)53)37(49)24(8)55-39(35)48-32/h10,12,16-18,20-22,24,27,33,37H,11,13,19H2,1-9H3,(H,52,53). The minimum absolute atomic E-state index is 0.000190. The van der Waals surface area contributed by atoms with E-state index in [1.54, 1.807) is 13.0 Å². The van der Waals surface area contributed by atoms with Crippen molar-refractivity contribution in [2.75, 3.05) is 18.6 Å². The molecular formula is C42H46F4N4O5Si. The summed E-state index contributed by atoms with van der Waals surface area (Å²) in [5.74, 6) is 2.03. The van der Waals surface area contributed by atoms with E-state index in [9.17, 15) is 14.7 Å². The fourth-order valence-corrected chi connectivity index (χ4v) is 15.3. The van der Waals surface area contributed by atoms with Crippen LogP contribution in [0, 0.1) is 24.2 Å². The van der Waals surface area contributed by atoms with E-state index in [2.05, 4.69) is 58.0 Å². The third-order valence-corrected chi connectivity index (χ3v) is 18.7. The first kappa shape index (κ1) is 39.3. The third-order valence-electron chi connectivity index (χ3n) is 12.4.